The van der Waals surface area contributed by atoms with Crippen LogP contribution in [-0.2, 0) is 0 Å². The predicted octanol–water partition coefficient (Wildman–Crippen LogP) is 2.32. The van der Waals surface area contributed by atoms with E-state index in [1.54, 1.807) is 6.07 Å². The van der Waals surface area contributed by atoms with Crippen molar-refractivity contribution < 1.29 is 4.79 Å². The minimum atomic E-state index is -0.0774. The molecule has 0 fully saturated rings. The predicted molar refractivity (Wildman–Crippen MR) is 66.3 cm³/mol. The van der Waals surface area contributed by atoms with Gasteiger partial charge in [0, 0.05) is 22.1 Å². The maximum Gasteiger partial charge on any atom is 0.251 e. The average molecular weight is 314 g/mol. The van der Waals surface area contributed by atoms with Gasteiger partial charge in [-0.2, -0.15) is 5.26 Å². The Kier molecular flexibility index (Phi) is 5.12. The van der Waals surface area contributed by atoms with Gasteiger partial charge in [-0.3, -0.25) is 4.79 Å². The van der Waals surface area contributed by atoms with Crippen molar-refractivity contribution in [3.05, 3.63) is 33.4 Å². The SMILES string of the molecule is N#CCCCNC(=O)c1cccc(I)c1. The van der Waals surface area contributed by atoms with Gasteiger partial charge in [-0.05, 0) is 47.2 Å². The standard InChI is InChI=1S/C11H11IN2O/c12-10-5-3-4-9(8-10)11(15)14-7-2-1-6-13/h3-5,8H,1-2,7H2,(H,14,15). The zero-order valence-electron chi connectivity index (χ0n) is 8.16. The fraction of sp³-hybridized carbons (Fsp3) is 0.273. The molecule has 78 valence electrons. The molecule has 0 spiro atoms. The highest BCUT2D eigenvalue weighted by atomic mass is 127. The molecule has 4 heteroatoms. The molecule has 15 heavy (non-hydrogen) atoms. The van der Waals surface area contributed by atoms with Crippen LogP contribution in [0.2, 0.25) is 0 Å². The van der Waals surface area contributed by atoms with Gasteiger partial charge >= 0.3 is 0 Å². The first-order chi connectivity index (χ1) is 7.24. The van der Waals surface area contributed by atoms with Crippen molar-refractivity contribution in [2.75, 3.05) is 6.54 Å². The molecule has 0 heterocycles. The molecule has 1 aromatic rings. The van der Waals surface area contributed by atoms with Crippen molar-refractivity contribution in [3.63, 3.8) is 0 Å². The summed E-state index contributed by atoms with van der Waals surface area (Å²) in [4.78, 5) is 11.6. The summed E-state index contributed by atoms with van der Waals surface area (Å²) in [6.45, 7) is 0.553. The number of unbranched alkanes of at least 4 members (excludes halogenated alkanes) is 1. The van der Waals surface area contributed by atoms with Gasteiger partial charge in [0.1, 0.15) is 0 Å². The number of hydrogen-bond acceptors (Lipinski definition) is 2. The fourth-order valence-corrected chi connectivity index (χ4v) is 1.64. The molecular formula is C11H11IN2O. The van der Waals surface area contributed by atoms with Crippen molar-refractivity contribution in [2.45, 2.75) is 12.8 Å². The molecule has 0 saturated heterocycles. The second-order valence-corrected chi connectivity index (χ2v) is 4.27. The zero-order valence-corrected chi connectivity index (χ0v) is 10.3. The summed E-state index contributed by atoms with van der Waals surface area (Å²) < 4.78 is 1.04. The molecule has 1 rings (SSSR count). The lowest BCUT2D eigenvalue weighted by Crippen LogP contribution is -2.24. The largest absolute Gasteiger partial charge is 0.352 e. The molecule has 0 unspecified atom stereocenters. The number of amides is 1. The number of carbonyl (C=O) groups excluding carboxylic acids is 1. The molecule has 0 bridgehead atoms. The Balaban J connectivity index is 2.44. The summed E-state index contributed by atoms with van der Waals surface area (Å²) >= 11 is 2.17. The van der Waals surface area contributed by atoms with E-state index in [2.05, 4.69) is 27.9 Å². The van der Waals surface area contributed by atoms with Gasteiger partial charge in [0.25, 0.3) is 5.91 Å². The number of benzene rings is 1. The third-order valence-electron chi connectivity index (χ3n) is 1.84. The van der Waals surface area contributed by atoms with E-state index in [0.717, 1.165) is 3.57 Å². The molecule has 1 N–H and O–H groups in total. The van der Waals surface area contributed by atoms with E-state index in [1.165, 1.54) is 0 Å². The summed E-state index contributed by atoms with van der Waals surface area (Å²) in [5, 5.41) is 11.1. The summed E-state index contributed by atoms with van der Waals surface area (Å²) in [7, 11) is 0. The first kappa shape index (κ1) is 12.0. The highest BCUT2D eigenvalue weighted by molar-refractivity contribution is 14.1. The lowest BCUT2D eigenvalue weighted by atomic mass is 10.2. The van der Waals surface area contributed by atoms with Crippen LogP contribution >= 0.6 is 22.6 Å². The van der Waals surface area contributed by atoms with Crippen molar-refractivity contribution in [1.82, 2.24) is 5.32 Å². The lowest BCUT2D eigenvalue weighted by molar-refractivity contribution is 0.0953. The molecule has 3 nitrogen and oxygen atoms in total. The Hall–Kier alpha value is -1.09. The number of halogens is 1. The minimum Gasteiger partial charge on any atom is -0.352 e. The third-order valence-corrected chi connectivity index (χ3v) is 2.51. The second kappa shape index (κ2) is 6.40. The van der Waals surface area contributed by atoms with Crippen LogP contribution in [-0.4, -0.2) is 12.5 Å². The Morgan fingerprint density at radius 3 is 3.00 bits per heavy atom. The van der Waals surface area contributed by atoms with Gasteiger partial charge in [-0.1, -0.05) is 6.07 Å². The Labute approximate surface area is 103 Å². The van der Waals surface area contributed by atoms with Gasteiger partial charge < -0.3 is 5.32 Å². The monoisotopic (exact) mass is 314 g/mol. The normalized spacial score (nSPS) is 9.33. The zero-order chi connectivity index (χ0) is 11.1. The number of carbonyl (C=O) groups is 1. The summed E-state index contributed by atoms with van der Waals surface area (Å²) in [5.74, 6) is -0.0774. The van der Waals surface area contributed by atoms with Crippen LogP contribution < -0.4 is 5.32 Å². The first-order valence-corrected chi connectivity index (χ1v) is 5.72. The van der Waals surface area contributed by atoms with Crippen LogP contribution in [0.3, 0.4) is 0 Å². The fourth-order valence-electron chi connectivity index (χ4n) is 1.10. The van der Waals surface area contributed by atoms with E-state index in [-0.39, 0.29) is 5.91 Å². The van der Waals surface area contributed by atoms with Crippen molar-refractivity contribution in [2.24, 2.45) is 0 Å². The average Bonchev–Trinajstić information content (AvgIpc) is 2.24. The smallest absolute Gasteiger partial charge is 0.251 e. The quantitative estimate of drug-likeness (QED) is 0.685. The summed E-state index contributed by atoms with van der Waals surface area (Å²) in [6, 6.07) is 9.44. The maximum atomic E-state index is 11.6. The number of hydrogen-bond donors (Lipinski definition) is 1. The lowest BCUT2D eigenvalue weighted by Gasteiger charge is -2.03. The number of nitriles is 1. The van der Waals surface area contributed by atoms with Crippen molar-refractivity contribution >= 4 is 28.5 Å². The molecule has 0 aliphatic rings. The molecule has 0 atom stereocenters. The van der Waals surface area contributed by atoms with Crippen LogP contribution in [0.25, 0.3) is 0 Å². The highest BCUT2D eigenvalue weighted by Gasteiger charge is 2.03. The van der Waals surface area contributed by atoms with Crippen molar-refractivity contribution in [3.8, 4) is 6.07 Å². The number of nitrogens with one attached hydrogen (secondary N) is 1. The minimum absolute atomic E-state index is 0.0774. The van der Waals surface area contributed by atoms with Crippen molar-refractivity contribution in [1.29, 1.82) is 5.26 Å². The van der Waals surface area contributed by atoms with E-state index < -0.39 is 0 Å². The van der Waals surface area contributed by atoms with Crippen LogP contribution in [0.1, 0.15) is 23.2 Å². The summed E-state index contributed by atoms with van der Waals surface area (Å²) in [6.07, 6.45) is 1.18. The molecule has 0 aromatic heterocycles. The van der Waals surface area contributed by atoms with Gasteiger partial charge in [0.2, 0.25) is 0 Å². The third kappa shape index (κ3) is 4.30. The van der Waals surface area contributed by atoms with E-state index in [9.17, 15) is 4.79 Å². The second-order valence-electron chi connectivity index (χ2n) is 3.03. The number of rotatable bonds is 4. The molecule has 0 aliphatic heterocycles. The van der Waals surface area contributed by atoms with Gasteiger partial charge in [-0.15, -0.1) is 0 Å². The van der Waals surface area contributed by atoms with Gasteiger partial charge in [0.15, 0.2) is 0 Å². The maximum absolute atomic E-state index is 11.6. The van der Waals surface area contributed by atoms with E-state index in [4.69, 9.17) is 5.26 Å². The molecule has 0 saturated carbocycles. The van der Waals surface area contributed by atoms with Crippen LogP contribution in [0, 0.1) is 14.9 Å². The Morgan fingerprint density at radius 2 is 2.33 bits per heavy atom. The van der Waals surface area contributed by atoms with Gasteiger partial charge in [-0.25, -0.2) is 0 Å². The Morgan fingerprint density at radius 1 is 1.53 bits per heavy atom. The van der Waals surface area contributed by atoms with Crippen LogP contribution in [0.4, 0.5) is 0 Å². The molecule has 0 aliphatic carbocycles. The van der Waals surface area contributed by atoms with Crippen LogP contribution in [0.5, 0.6) is 0 Å². The molecule has 0 radical (unpaired) electrons. The molecule has 1 amide bonds. The van der Waals surface area contributed by atoms with E-state index in [1.807, 2.05) is 24.3 Å². The molecular weight excluding hydrogens is 303 g/mol. The van der Waals surface area contributed by atoms with E-state index >= 15 is 0 Å². The van der Waals surface area contributed by atoms with Crippen LogP contribution in [0.15, 0.2) is 24.3 Å². The van der Waals surface area contributed by atoms with E-state index in [0.29, 0.717) is 24.9 Å². The highest BCUT2D eigenvalue weighted by Crippen LogP contribution is 2.07. The Bertz CT molecular complexity index is 384. The topological polar surface area (TPSA) is 52.9 Å². The molecule has 1 aromatic carbocycles. The first-order valence-electron chi connectivity index (χ1n) is 4.65. The summed E-state index contributed by atoms with van der Waals surface area (Å²) in [5.41, 5.74) is 0.666. The number of nitrogens with zero attached hydrogens (tertiary/aromatic N) is 1. The van der Waals surface area contributed by atoms with Gasteiger partial charge in [0.05, 0.1) is 6.07 Å².